The molecule has 9 nitrogen and oxygen atoms in total. The van der Waals surface area contributed by atoms with Crippen LogP contribution in [0, 0.1) is 18.2 Å². The zero-order valence-electron chi connectivity index (χ0n) is 25.7. The summed E-state index contributed by atoms with van der Waals surface area (Å²) in [5.41, 5.74) is 4.01. The predicted molar refractivity (Wildman–Crippen MR) is 173 cm³/mol. The first-order valence-electron chi connectivity index (χ1n) is 15.9. The average Bonchev–Trinajstić information content (AvgIpc) is 3.40. The molecule has 2 aromatic heterocycles. The Bertz CT molecular complexity index is 1860. The number of hydrogen-bond donors (Lipinski definition) is 1. The van der Waals surface area contributed by atoms with Crippen LogP contribution in [0.15, 0.2) is 30.9 Å². The van der Waals surface area contributed by atoms with Crippen molar-refractivity contribution in [2.45, 2.75) is 51.0 Å². The Hall–Kier alpha value is -3.76. The van der Waals surface area contributed by atoms with Crippen LogP contribution in [0.25, 0.3) is 32.9 Å². The monoisotopic (exact) mass is 629 g/mol. The molecule has 45 heavy (non-hydrogen) atoms. The number of aromatic amines is 1. The van der Waals surface area contributed by atoms with E-state index >= 15 is 4.39 Å². The third-order valence-corrected chi connectivity index (χ3v) is 10.7. The number of aromatic nitrogens is 4. The Kier molecular flexibility index (Phi) is 6.80. The second-order valence-electron chi connectivity index (χ2n) is 13.5. The van der Waals surface area contributed by atoms with Crippen LogP contribution in [0.4, 0.5) is 10.2 Å². The summed E-state index contributed by atoms with van der Waals surface area (Å²) in [4.78, 5) is 28.0. The number of likely N-dealkylation sites (tertiary alicyclic amines) is 2. The maximum absolute atomic E-state index is 17.1. The molecule has 8 rings (SSSR count). The number of hydrogen-bond acceptors (Lipinski definition) is 7. The van der Waals surface area contributed by atoms with Crippen LogP contribution >= 0.6 is 11.6 Å². The maximum atomic E-state index is 17.1. The third-order valence-electron chi connectivity index (χ3n) is 10.4. The van der Waals surface area contributed by atoms with E-state index in [0.717, 1.165) is 72.9 Å². The summed E-state index contributed by atoms with van der Waals surface area (Å²) in [6.45, 7) is 9.84. The number of likely N-dealkylation sites (N-methyl/N-ethyl adjacent to an activating group) is 1. The molecule has 0 unspecified atom stereocenters. The van der Waals surface area contributed by atoms with Crippen molar-refractivity contribution in [1.82, 2.24) is 30.0 Å². The molecule has 1 spiro atoms. The van der Waals surface area contributed by atoms with Gasteiger partial charge in [0.2, 0.25) is 5.91 Å². The van der Waals surface area contributed by atoms with E-state index < -0.39 is 5.82 Å². The number of rotatable bonds is 7. The number of H-pyrrole nitrogens is 1. The predicted octanol–water partition coefficient (Wildman–Crippen LogP) is 5.85. The summed E-state index contributed by atoms with van der Waals surface area (Å²) in [5, 5.41) is 9.57. The standard InChI is InChI=1S/C34H37ClFN7O2/c1-4-25(44)43-17-34(18-43)11-13-42(16-34)32-22-14-23(35)27(26-19(2)7-10-24-28(26)30(40-39-24)20-8-9-20)29(36)31(22)37-33(38-32)45-15-21-6-5-12-41(21)3/h4,7,10,14,20-21H,1,5-6,8-9,11-13,15-18H2,2-3H3,(H,39,40)/t21-/m0/s1. The van der Waals surface area contributed by atoms with Gasteiger partial charge >= 0.3 is 6.01 Å². The first-order chi connectivity index (χ1) is 21.7. The van der Waals surface area contributed by atoms with Gasteiger partial charge in [-0.2, -0.15) is 15.1 Å². The Labute approximate surface area is 266 Å². The van der Waals surface area contributed by atoms with E-state index in [1.165, 1.54) is 6.08 Å². The summed E-state index contributed by atoms with van der Waals surface area (Å²) in [6, 6.07) is 6.19. The van der Waals surface area contributed by atoms with E-state index in [1.54, 1.807) is 0 Å². The van der Waals surface area contributed by atoms with Gasteiger partial charge in [-0.1, -0.05) is 24.2 Å². The van der Waals surface area contributed by atoms with E-state index in [1.807, 2.05) is 30.0 Å². The van der Waals surface area contributed by atoms with E-state index in [9.17, 15) is 4.79 Å². The second-order valence-corrected chi connectivity index (χ2v) is 13.9. The molecule has 5 heterocycles. The molecule has 0 radical (unpaired) electrons. The number of benzene rings is 2. The molecule has 4 aliphatic rings. The van der Waals surface area contributed by atoms with Gasteiger partial charge in [0.25, 0.3) is 0 Å². The minimum Gasteiger partial charge on any atom is -0.462 e. The number of halogens is 2. The lowest BCUT2D eigenvalue weighted by atomic mass is 9.79. The zero-order valence-corrected chi connectivity index (χ0v) is 26.5. The van der Waals surface area contributed by atoms with Gasteiger partial charge in [-0.3, -0.25) is 9.89 Å². The van der Waals surface area contributed by atoms with E-state index in [2.05, 4.69) is 33.6 Å². The molecule has 3 aliphatic heterocycles. The van der Waals surface area contributed by atoms with Crippen molar-refractivity contribution in [1.29, 1.82) is 0 Å². The van der Waals surface area contributed by atoms with Gasteiger partial charge < -0.3 is 19.4 Å². The Morgan fingerprint density at radius 2 is 2.02 bits per heavy atom. The maximum Gasteiger partial charge on any atom is 0.319 e. The minimum absolute atomic E-state index is 0.0287. The molecule has 1 amide bonds. The quantitative estimate of drug-likeness (QED) is 0.257. The first-order valence-corrected chi connectivity index (χ1v) is 16.3. The lowest BCUT2D eigenvalue weighted by Gasteiger charge is -2.47. The number of fused-ring (bicyclic) bond motifs is 2. The highest BCUT2D eigenvalue weighted by Crippen LogP contribution is 2.49. The lowest BCUT2D eigenvalue weighted by Crippen LogP contribution is -2.59. The van der Waals surface area contributed by atoms with Crippen molar-refractivity contribution in [2.24, 2.45) is 5.41 Å². The summed E-state index contributed by atoms with van der Waals surface area (Å²) in [6.07, 6.45) is 6.60. The van der Waals surface area contributed by atoms with Crippen LogP contribution in [0.1, 0.15) is 49.3 Å². The third kappa shape index (κ3) is 4.76. The fourth-order valence-electron chi connectivity index (χ4n) is 7.71. The summed E-state index contributed by atoms with van der Waals surface area (Å²) >= 11 is 7.04. The van der Waals surface area contributed by atoms with Gasteiger partial charge in [-0.15, -0.1) is 0 Å². The van der Waals surface area contributed by atoms with Crippen LogP contribution in [-0.2, 0) is 4.79 Å². The van der Waals surface area contributed by atoms with Crippen LogP contribution < -0.4 is 9.64 Å². The molecule has 1 aliphatic carbocycles. The van der Waals surface area contributed by atoms with Crippen LogP contribution in [0.5, 0.6) is 6.01 Å². The lowest BCUT2D eigenvalue weighted by molar-refractivity contribution is -0.136. The number of anilines is 1. The Balaban J connectivity index is 1.24. The molecule has 1 atom stereocenters. The molecule has 1 saturated carbocycles. The SMILES string of the molecule is C=CC(=O)N1CC2(CCN(c3nc(OC[C@@H]4CCCN4C)nc4c(F)c(-c5c(C)ccc6n[nH]c(C7CC7)c56)c(Cl)cc34)C2)C1. The van der Waals surface area contributed by atoms with Crippen LogP contribution in [0.2, 0.25) is 5.02 Å². The van der Waals surface area contributed by atoms with Crippen molar-refractivity contribution in [3.8, 4) is 17.1 Å². The van der Waals surface area contributed by atoms with Gasteiger partial charge in [0.1, 0.15) is 17.9 Å². The van der Waals surface area contributed by atoms with E-state index in [-0.39, 0.29) is 28.9 Å². The number of amides is 1. The van der Waals surface area contributed by atoms with Gasteiger partial charge in [-0.05, 0) is 76.4 Å². The zero-order chi connectivity index (χ0) is 31.0. The molecule has 3 saturated heterocycles. The molecule has 4 aromatic rings. The average molecular weight is 630 g/mol. The summed E-state index contributed by atoms with van der Waals surface area (Å²) in [7, 11) is 2.10. The van der Waals surface area contributed by atoms with Crippen molar-refractivity contribution in [2.75, 3.05) is 51.3 Å². The molecule has 2 aromatic carbocycles. The molecule has 0 bridgehead atoms. The summed E-state index contributed by atoms with van der Waals surface area (Å²) in [5.74, 6) is 0.479. The largest absolute Gasteiger partial charge is 0.462 e. The van der Waals surface area contributed by atoms with Crippen LogP contribution in [-0.4, -0.2) is 88.3 Å². The van der Waals surface area contributed by atoms with Gasteiger partial charge in [0.15, 0.2) is 5.82 Å². The van der Waals surface area contributed by atoms with E-state index in [4.69, 9.17) is 26.3 Å². The van der Waals surface area contributed by atoms with Crippen molar-refractivity contribution < 1.29 is 13.9 Å². The molecular weight excluding hydrogens is 593 g/mol. The number of aryl methyl sites for hydroxylation is 1. The highest BCUT2D eigenvalue weighted by molar-refractivity contribution is 6.35. The number of carbonyl (C=O) groups excluding carboxylic acids is 1. The Morgan fingerprint density at radius 1 is 1.20 bits per heavy atom. The minimum atomic E-state index is -0.483. The molecule has 1 N–H and O–H groups in total. The van der Waals surface area contributed by atoms with Crippen LogP contribution in [0.3, 0.4) is 0 Å². The van der Waals surface area contributed by atoms with Gasteiger partial charge in [0, 0.05) is 71.1 Å². The second kappa shape index (κ2) is 10.7. The van der Waals surface area contributed by atoms with Gasteiger partial charge in [0.05, 0.1) is 10.5 Å². The van der Waals surface area contributed by atoms with Gasteiger partial charge in [-0.25, -0.2) is 4.39 Å². The highest BCUT2D eigenvalue weighted by Gasteiger charge is 2.49. The fraction of sp³-hybridized carbons (Fsp3) is 0.471. The first kappa shape index (κ1) is 28.7. The van der Waals surface area contributed by atoms with Crippen molar-refractivity contribution in [3.05, 3.63) is 53.0 Å². The number of carbonyl (C=O) groups is 1. The normalized spacial score (nSPS) is 21.3. The Morgan fingerprint density at radius 3 is 2.76 bits per heavy atom. The molecule has 11 heteroatoms. The van der Waals surface area contributed by atoms with Crippen molar-refractivity contribution >= 4 is 45.1 Å². The summed E-state index contributed by atoms with van der Waals surface area (Å²) < 4.78 is 23.3. The molecule has 234 valence electrons. The number of ether oxygens (including phenoxy) is 1. The van der Waals surface area contributed by atoms with E-state index in [0.29, 0.717) is 53.9 Å². The number of nitrogens with one attached hydrogen (secondary N) is 1. The number of nitrogens with zero attached hydrogens (tertiary/aromatic N) is 6. The fourth-order valence-corrected chi connectivity index (χ4v) is 7.99. The van der Waals surface area contributed by atoms with Crippen molar-refractivity contribution in [3.63, 3.8) is 0 Å². The molecular formula is C34H37ClFN7O2. The smallest absolute Gasteiger partial charge is 0.319 e. The highest BCUT2D eigenvalue weighted by atomic mass is 35.5. The topological polar surface area (TPSA) is 90.5 Å². The molecule has 4 fully saturated rings.